The zero-order valence-electron chi connectivity index (χ0n) is 12.0. The number of nitrogens with one attached hydrogen (secondary N) is 1. The van der Waals surface area contributed by atoms with E-state index in [0.717, 1.165) is 17.9 Å². The van der Waals surface area contributed by atoms with Crippen molar-refractivity contribution in [3.05, 3.63) is 65.2 Å². The van der Waals surface area contributed by atoms with E-state index in [-0.39, 0.29) is 12.6 Å². The molecule has 0 radical (unpaired) electrons. The second-order valence-electron chi connectivity index (χ2n) is 4.85. The lowest BCUT2D eigenvalue weighted by Gasteiger charge is -2.15. The Kier molecular flexibility index (Phi) is 5.16. The minimum absolute atomic E-state index is 0.0852. The molecule has 0 aliphatic carbocycles. The van der Waals surface area contributed by atoms with Crippen LogP contribution in [0.1, 0.15) is 29.7 Å². The van der Waals surface area contributed by atoms with Crippen LogP contribution in [0.15, 0.2) is 48.5 Å². The Hall–Kier alpha value is -1.84. The summed E-state index contributed by atoms with van der Waals surface area (Å²) in [6, 6.07) is 16.3. The molecule has 0 fully saturated rings. The van der Waals surface area contributed by atoms with Crippen LogP contribution in [-0.2, 0) is 13.2 Å². The second-order valence-corrected chi connectivity index (χ2v) is 4.85. The highest BCUT2D eigenvalue weighted by Crippen LogP contribution is 2.17. The molecule has 3 nitrogen and oxygen atoms in total. The molecule has 2 rings (SSSR count). The monoisotopic (exact) mass is 271 g/mol. The summed E-state index contributed by atoms with van der Waals surface area (Å²) in [4.78, 5) is 0. The third-order valence-electron chi connectivity index (χ3n) is 3.40. The third-order valence-corrected chi connectivity index (χ3v) is 3.40. The summed E-state index contributed by atoms with van der Waals surface area (Å²) < 4.78 is 5.16. The maximum absolute atomic E-state index is 9.13. The van der Waals surface area contributed by atoms with Gasteiger partial charge in [-0.25, -0.2) is 0 Å². The van der Waals surface area contributed by atoms with Gasteiger partial charge in [0.15, 0.2) is 0 Å². The lowest BCUT2D eigenvalue weighted by molar-refractivity contribution is 0.281. The van der Waals surface area contributed by atoms with Crippen LogP contribution in [0.25, 0.3) is 0 Å². The van der Waals surface area contributed by atoms with Crippen LogP contribution >= 0.6 is 0 Å². The Labute approximate surface area is 120 Å². The Morgan fingerprint density at radius 1 is 1.10 bits per heavy atom. The van der Waals surface area contributed by atoms with E-state index in [1.54, 1.807) is 7.11 Å². The third kappa shape index (κ3) is 3.83. The van der Waals surface area contributed by atoms with Crippen molar-refractivity contribution in [2.24, 2.45) is 0 Å². The second kappa shape index (κ2) is 7.08. The first-order valence-corrected chi connectivity index (χ1v) is 6.79. The summed E-state index contributed by atoms with van der Waals surface area (Å²) in [5.41, 5.74) is 3.35. The van der Waals surface area contributed by atoms with E-state index in [4.69, 9.17) is 9.84 Å². The van der Waals surface area contributed by atoms with Gasteiger partial charge in [-0.05, 0) is 35.7 Å². The normalized spacial score (nSPS) is 12.2. The van der Waals surface area contributed by atoms with Crippen molar-refractivity contribution in [1.29, 1.82) is 0 Å². The molecule has 20 heavy (non-hydrogen) atoms. The molecule has 0 aliphatic rings. The molecule has 1 unspecified atom stereocenters. The topological polar surface area (TPSA) is 41.5 Å². The zero-order chi connectivity index (χ0) is 14.4. The van der Waals surface area contributed by atoms with Crippen molar-refractivity contribution < 1.29 is 9.84 Å². The van der Waals surface area contributed by atoms with Crippen LogP contribution in [0, 0.1) is 0 Å². The van der Waals surface area contributed by atoms with Gasteiger partial charge >= 0.3 is 0 Å². The molecule has 0 spiro atoms. The maximum Gasteiger partial charge on any atom is 0.118 e. The van der Waals surface area contributed by atoms with E-state index < -0.39 is 0 Å². The summed E-state index contributed by atoms with van der Waals surface area (Å²) in [6.07, 6.45) is 0. The van der Waals surface area contributed by atoms with Crippen molar-refractivity contribution in [1.82, 2.24) is 5.32 Å². The van der Waals surface area contributed by atoms with E-state index in [2.05, 4.69) is 30.4 Å². The van der Waals surface area contributed by atoms with Crippen LogP contribution in [0.3, 0.4) is 0 Å². The van der Waals surface area contributed by atoms with Gasteiger partial charge in [0, 0.05) is 12.6 Å². The van der Waals surface area contributed by atoms with E-state index in [9.17, 15) is 0 Å². The summed E-state index contributed by atoms with van der Waals surface area (Å²) in [5, 5.41) is 12.6. The standard InChI is InChI=1S/C17H21NO2/c1-13(16-6-8-17(20-2)9-7-16)18-11-14-4-3-5-15(10-14)12-19/h3-10,13,18-19H,11-12H2,1-2H3. The lowest BCUT2D eigenvalue weighted by atomic mass is 10.1. The maximum atomic E-state index is 9.13. The number of rotatable bonds is 6. The quantitative estimate of drug-likeness (QED) is 0.848. The van der Waals surface area contributed by atoms with Crippen LogP contribution < -0.4 is 10.1 Å². The fourth-order valence-electron chi connectivity index (χ4n) is 2.12. The molecule has 2 aromatic rings. The van der Waals surface area contributed by atoms with Crippen LogP contribution in [0.4, 0.5) is 0 Å². The SMILES string of the molecule is COc1ccc(C(C)NCc2cccc(CO)c2)cc1. The van der Waals surface area contributed by atoms with Crippen LogP contribution in [0.5, 0.6) is 5.75 Å². The number of benzene rings is 2. The first-order chi connectivity index (χ1) is 9.72. The minimum atomic E-state index is 0.0852. The van der Waals surface area contributed by atoms with Crippen molar-refractivity contribution in [3.63, 3.8) is 0 Å². The van der Waals surface area contributed by atoms with Gasteiger partial charge in [0.05, 0.1) is 13.7 Å². The first kappa shape index (κ1) is 14.6. The largest absolute Gasteiger partial charge is 0.497 e. The predicted molar refractivity (Wildman–Crippen MR) is 80.6 cm³/mol. The molecule has 2 N–H and O–H groups in total. The number of methoxy groups -OCH3 is 1. The summed E-state index contributed by atoms with van der Waals surface area (Å²) in [6.45, 7) is 3.00. The van der Waals surface area contributed by atoms with Crippen molar-refractivity contribution in [2.75, 3.05) is 7.11 Å². The smallest absolute Gasteiger partial charge is 0.118 e. The summed E-state index contributed by atoms with van der Waals surface area (Å²) in [5.74, 6) is 0.872. The Morgan fingerprint density at radius 3 is 2.45 bits per heavy atom. The van der Waals surface area contributed by atoms with Gasteiger partial charge in [-0.2, -0.15) is 0 Å². The fraction of sp³-hybridized carbons (Fsp3) is 0.294. The van der Waals surface area contributed by atoms with E-state index in [1.807, 2.05) is 30.3 Å². The zero-order valence-corrected chi connectivity index (χ0v) is 12.0. The highest BCUT2D eigenvalue weighted by molar-refractivity contribution is 5.29. The van der Waals surface area contributed by atoms with Gasteiger partial charge in [-0.15, -0.1) is 0 Å². The Balaban J connectivity index is 1.95. The van der Waals surface area contributed by atoms with Gasteiger partial charge in [0.25, 0.3) is 0 Å². The predicted octanol–water partition coefficient (Wildman–Crippen LogP) is 3.04. The van der Waals surface area contributed by atoms with Gasteiger partial charge in [0.1, 0.15) is 5.75 Å². The molecule has 3 heteroatoms. The van der Waals surface area contributed by atoms with E-state index in [0.29, 0.717) is 0 Å². The van der Waals surface area contributed by atoms with Gasteiger partial charge in [-0.3, -0.25) is 0 Å². The number of hydrogen-bond acceptors (Lipinski definition) is 3. The van der Waals surface area contributed by atoms with Crippen molar-refractivity contribution >= 4 is 0 Å². The molecule has 0 aliphatic heterocycles. The molecule has 0 saturated heterocycles. The van der Waals surface area contributed by atoms with Crippen LogP contribution in [0.2, 0.25) is 0 Å². The molecule has 0 bridgehead atoms. The average Bonchev–Trinajstić information content (AvgIpc) is 2.53. The highest BCUT2D eigenvalue weighted by Gasteiger charge is 2.05. The molecule has 1 atom stereocenters. The van der Waals surface area contributed by atoms with Crippen molar-refractivity contribution in [3.8, 4) is 5.75 Å². The van der Waals surface area contributed by atoms with Gasteiger partial charge in [-0.1, -0.05) is 36.4 Å². The molecule has 106 valence electrons. The minimum Gasteiger partial charge on any atom is -0.497 e. The average molecular weight is 271 g/mol. The summed E-state index contributed by atoms with van der Waals surface area (Å²) in [7, 11) is 1.67. The van der Waals surface area contributed by atoms with Gasteiger partial charge in [0.2, 0.25) is 0 Å². The molecule has 2 aromatic carbocycles. The number of aliphatic hydroxyl groups is 1. The number of ether oxygens (including phenoxy) is 1. The molecule has 0 saturated carbocycles. The first-order valence-electron chi connectivity index (χ1n) is 6.79. The van der Waals surface area contributed by atoms with Crippen LogP contribution in [-0.4, -0.2) is 12.2 Å². The lowest BCUT2D eigenvalue weighted by Crippen LogP contribution is -2.18. The molecule has 0 heterocycles. The number of hydrogen-bond donors (Lipinski definition) is 2. The Bertz CT molecular complexity index is 537. The Morgan fingerprint density at radius 2 is 1.80 bits per heavy atom. The van der Waals surface area contributed by atoms with E-state index in [1.165, 1.54) is 11.1 Å². The summed E-state index contributed by atoms with van der Waals surface area (Å²) >= 11 is 0. The van der Waals surface area contributed by atoms with Crippen molar-refractivity contribution in [2.45, 2.75) is 26.1 Å². The van der Waals surface area contributed by atoms with Gasteiger partial charge < -0.3 is 15.2 Å². The molecular formula is C17H21NO2. The molecule has 0 aromatic heterocycles. The highest BCUT2D eigenvalue weighted by atomic mass is 16.5. The number of aliphatic hydroxyl groups excluding tert-OH is 1. The molecular weight excluding hydrogens is 250 g/mol. The molecule has 0 amide bonds. The van der Waals surface area contributed by atoms with E-state index >= 15 is 0 Å². The fourth-order valence-corrected chi connectivity index (χ4v) is 2.12.